The van der Waals surface area contributed by atoms with Crippen LogP contribution in [0.5, 0.6) is 5.75 Å². The minimum atomic E-state index is -0.726. The fraction of sp³-hybridized carbons (Fsp3) is 0.333. The second-order valence-corrected chi connectivity index (χ2v) is 10.0. The topological polar surface area (TPSA) is 67.6 Å². The van der Waals surface area contributed by atoms with E-state index in [1.54, 1.807) is 0 Å². The molecule has 6 heteroatoms. The highest BCUT2D eigenvalue weighted by atomic mass is 16.5. The molecule has 2 atom stereocenters. The van der Waals surface area contributed by atoms with Gasteiger partial charge < -0.3 is 19.3 Å². The van der Waals surface area contributed by atoms with E-state index in [1.807, 2.05) is 72.5 Å². The maximum absolute atomic E-state index is 13.0. The van der Waals surface area contributed by atoms with Crippen molar-refractivity contribution in [3.63, 3.8) is 0 Å². The van der Waals surface area contributed by atoms with Crippen molar-refractivity contribution in [1.82, 2.24) is 9.55 Å². The van der Waals surface area contributed by atoms with Gasteiger partial charge >= 0.3 is 0 Å². The zero-order valence-corrected chi connectivity index (χ0v) is 21.1. The third-order valence-corrected chi connectivity index (χ3v) is 6.87. The minimum Gasteiger partial charge on any atom is -0.491 e. The summed E-state index contributed by atoms with van der Waals surface area (Å²) in [4.78, 5) is 19.7. The monoisotopic (exact) mass is 483 g/mol. The lowest BCUT2D eigenvalue weighted by molar-refractivity contribution is -0.117. The summed E-state index contributed by atoms with van der Waals surface area (Å²) in [5, 5.41) is 10.9. The molecular weight excluding hydrogens is 450 g/mol. The summed E-state index contributed by atoms with van der Waals surface area (Å²) in [6.45, 7) is 7.43. The van der Waals surface area contributed by atoms with E-state index >= 15 is 0 Å². The van der Waals surface area contributed by atoms with Gasteiger partial charge in [-0.15, -0.1) is 0 Å². The maximum atomic E-state index is 13.0. The van der Waals surface area contributed by atoms with Crippen LogP contribution in [0.15, 0.2) is 72.8 Å². The first-order chi connectivity index (χ1) is 17.4. The molecule has 0 bridgehead atoms. The van der Waals surface area contributed by atoms with Crippen LogP contribution in [0.3, 0.4) is 0 Å². The largest absolute Gasteiger partial charge is 0.491 e. The maximum Gasteiger partial charge on any atom is 0.227 e. The first-order valence-electron chi connectivity index (χ1n) is 12.6. The number of rotatable bonds is 8. The van der Waals surface area contributed by atoms with Gasteiger partial charge in [0.1, 0.15) is 24.3 Å². The van der Waals surface area contributed by atoms with Crippen molar-refractivity contribution in [2.24, 2.45) is 0 Å². The Hall–Kier alpha value is -3.64. The quantitative estimate of drug-likeness (QED) is 0.363. The van der Waals surface area contributed by atoms with E-state index in [-0.39, 0.29) is 18.4 Å². The number of aliphatic hydroxyl groups is 1. The number of aryl methyl sites for hydroxylation is 1. The Morgan fingerprint density at radius 1 is 1.06 bits per heavy atom. The van der Waals surface area contributed by atoms with Crippen molar-refractivity contribution in [1.29, 1.82) is 0 Å². The normalized spacial score (nSPS) is 16.8. The molecule has 2 heterocycles. The molecule has 1 saturated heterocycles. The third-order valence-electron chi connectivity index (χ3n) is 6.87. The zero-order chi connectivity index (χ0) is 25.2. The fourth-order valence-corrected chi connectivity index (χ4v) is 4.93. The number of nitrogens with zero attached hydrogens (tertiary/aromatic N) is 3. The number of aromatic nitrogens is 2. The molecule has 2 unspecified atom stereocenters. The second kappa shape index (κ2) is 10.2. The third kappa shape index (κ3) is 5.00. The van der Waals surface area contributed by atoms with Gasteiger partial charge in [0.05, 0.1) is 17.6 Å². The van der Waals surface area contributed by atoms with E-state index in [4.69, 9.17) is 9.72 Å². The Morgan fingerprint density at radius 2 is 1.83 bits per heavy atom. The molecule has 1 aromatic heterocycles. The summed E-state index contributed by atoms with van der Waals surface area (Å²) < 4.78 is 7.94. The Morgan fingerprint density at radius 3 is 2.58 bits per heavy atom. The lowest BCUT2D eigenvalue weighted by Gasteiger charge is -2.19. The molecule has 1 aliphatic heterocycles. The number of para-hydroxylation sites is 2. The number of benzene rings is 3. The van der Waals surface area contributed by atoms with Crippen LogP contribution in [0.25, 0.3) is 11.0 Å². The van der Waals surface area contributed by atoms with Crippen LogP contribution in [-0.4, -0.2) is 39.8 Å². The van der Waals surface area contributed by atoms with E-state index in [0.29, 0.717) is 25.4 Å². The zero-order valence-electron chi connectivity index (χ0n) is 21.1. The number of fused-ring (bicyclic) bond motifs is 1. The predicted molar refractivity (Wildman–Crippen MR) is 143 cm³/mol. The SMILES string of the molecule is Cc1cccc(N2CC(c3nc4ccccc4n3CC(O)COc3ccc(C(C)C)cc3)CC2=O)c1. The Labute approximate surface area is 212 Å². The van der Waals surface area contributed by atoms with Crippen LogP contribution in [0.2, 0.25) is 0 Å². The molecule has 1 fully saturated rings. The van der Waals surface area contributed by atoms with E-state index in [0.717, 1.165) is 33.9 Å². The van der Waals surface area contributed by atoms with Gasteiger partial charge in [-0.3, -0.25) is 4.79 Å². The number of anilines is 1. The predicted octanol–water partition coefficient (Wildman–Crippen LogP) is 5.43. The first kappa shape index (κ1) is 24.1. The molecule has 36 heavy (non-hydrogen) atoms. The van der Waals surface area contributed by atoms with Crippen molar-refractivity contribution >= 4 is 22.6 Å². The average Bonchev–Trinajstić information content (AvgIpc) is 3.43. The highest BCUT2D eigenvalue weighted by Gasteiger charge is 2.35. The number of ether oxygens (including phenoxy) is 1. The summed E-state index contributed by atoms with van der Waals surface area (Å²) in [7, 11) is 0. The Balaban J connectivity index is 1.34. The molecule has 1 amide bonds. The first-order valence-corrected chi connectivity index (χ1v) is 12.6. The lowest BCUT2D eigenvalue weighted by Crippen LogP contribution is -2.26. The molecule has 6 nitrogen and oxygen atoms in total. The fourth-order valence-electron chi connectivity index (χ4n) is 4.93. The molecule has 1 aliphatic rings. The molecule has 0 spiro atoms. The Bertz CT molecular complexity index is 1360. The molecule has 3 aromatic carbocycles. The van der Waals surface area contributed by atoms with Crippen molar-refractivity contribution < 1.29 is 14.6 Å². The lowest BCUT2D eigenvalue weighted by atomic mass is 10.0. The van der Waals surface area contributed by atoms with Crippen LogP contribution >= 0.6 is 0 Å². The highest BCUT2D eigenvalue weighted by molar-refractivity contribution is 5.96. The molecule has 186 valence electrons. The van der Waals surface area contributed by atoms with Gasteiger partial charge in [0.2, 0.25) is 5.91 Å². The van der Waals surface area contributed by atoms with Gasteiger partial charge in [0.25, 0.3) is 0 Å². The van der Waals surface area contributed by atoms with Crippen LogP contribution < -0.4 is 9.64 Å². The van der Waals surface area contributed by atoms with Crippen molar-refractivity contribution in [3.05, 3.63) is 89.7 Å². The standard InChI is InChI=1S/C30H33N3O3/c1-20(2)22-11-13-26(14-12-22)36-19-25(34)18-33-28-10-5-4-9-27(28)31-30(33)23-16-29(35)32(17-23)24-8-6-7-21(3)15-24/h4-15,20,23,25,34H,16-19H2,1-3H3. The van der Waals surface area contributed by atoms with Crippen LogP contribution in [0.1, 0.15) is 49.1 Å². The van der Waals surface area contributed by atoms with Gasteiger partial charge in [0, 0.05) is 24.6 Å². The molecule has 1 N–H and O–H groups in total. The average molecular weight is 484 g/mol. The van der Waals surface area contributed by atoms with E-state index in [1.165, 1.54) is 5.56 Å². The number of hydrogen-bond donors (Lipinski definition) is 1. The number of carbonyl (C=O) groups excluding carboxylic acids is 1. The van der Waals surface area contributed by atoms with Gasteiger partial charge in [-0.1, -0.05) is 50.2 Å². The minimum absolute atomic E-state index is 0.0536. The summed E-state index contributed by atoms with van der Waals surface area (Å²) in [5.74, 6) is 2.08. The van der Waals surface area contributed by atoms with Crippen LogP contribution in [-0.2, 0) is 11.3 Å². The second-order valence-electron chi connectivity index (χ2n) is 10.0. The summed E-state index contributed by atoms with van der Waals surface area (Å²) in [6, 6.07) is 24.0. The van der Waals surface area contributed by atoms with E-state index < -0.39 is 6.10 Å². The number of amides is 1. The smallest absolute Gasteiger partial charge is 0.227 e. The molecule has 5 rings (SSSR count). The van der Waals surface area contributed by atoms with Crippen LogP contribution in [0.4, 0.5) is 5.69 Å². The van der Waals surface area contributed by atoms with Crippen LogP contribution in [0, 0.1) is 6.92 Å². The van der Waals surface area contributed by atoms with E-state index in [9.17, 15) is 9.90 Å². The van der Waals surface area contributed by atoms with Crippen molar-refractivity contribution in [3.8, 4) is 5.75 Å². The van der Waals surface area contributed by atoms with Crippen molar-refractivity contribution in [2.45, 2.75) is 51.7 Å². The Kier molecular flexibility index (Phi) is 6.79. The molecular formula is C30H33N3O3. The number of carbonyl (C=O) groups is 1. The number of aliphatic hydroxyl groups excluding tert-OH is 1. The van der Waals surface area contributed by atoms with Gasteiger partial charge in [0.15, 0.2) is 0 Å². The molecule has 0 saturated carbocycles. The van der Waals surface area contributed by atoms with Gasteiger partial charge in [-0.2, -0.15) is 0 Å². The van der Waals surface area contributed by atoms with Gasteiger partial charge in [-0.25, -0.2) is 4.98 Å². The molecule has 0 aliphatic carbocycles. The molecule has 4 aromatic rings. The number of imidazole rings is 1. The highest BCUT2D eigenvalue weighted by Crippen LogP contribution is 2.33. The summed E-state index contributed by atoms with van der Waals surface area (Å²) >= 11 is 0. The van der Waals surface area contributed by atoms with Gasteiger partial charge in [-0.05, 0) is 60.4 Å². The summed E-state index contributed by atoms with van der Waals surface area (Å²) in [6.07, 6.45) is -0.331. The number of hydrogen-bond acceptors (Lipinski definition) is 4. The summed E-state index contributed by atoms with van der Waals surface area (Å²) in [5.41, 5.74) is 5.11. The van der Waals surface area contributed by atoms with E-state index in [2.05, 4.69) is 30.5 Å². The van der Waals surface area contributed by atoms with Crippen molar-refractivity contribution in [2.75, 3.05) is 18.1 Å². The molecule has 0 radical (unpaired) electrons.